The van der Waals surface area contributed by atoms with E-state index in [1.807, 2.05) is 60.3 Å². The molecule has 1 atom stereocenters. The van der Waals surface area contributed by atoms with Gasteiger partial charge < -0.3 is 13.9 Å². The molecule has 27 heavy (non-hydrogen) atoms. The van der Waals surface area contributed by atoms with Crippen LogP contribution in [0.5, 0.6) is 0 Å². The molecule has 6 nitrogen and oxygen atoms in total. The lowest BCUT2D eigenvalue weighted by atomic mass is 9.89. The average Bonchev–Trinajstić information content (AvgIpc) is 3.30. The molecule has 0 bridgehead atoms. The molecule has 0 spiro atoms. The number of hydrogen-bond acceptors (Lipinski definition) is 4. The molecule has 2 aromatic carbocycles. The largest absolute Gasteiger partial charge is 0.420 e. The predicted molar refractivity (Wildman–Crippen MR) is 103 cm³/mol. The Hall–Kier alpha value is -3.41. The molecular formula is C21H18N4O2. The van der Waals surface area contributed by atoms with Crippen molar-refractivity contribution < 1.29 is 9.21 Å². The number of anilines is 1. The molecule has 3 heterocycles. The zero-order chi connectivity index (χ0) is 18.5. The molecule has 5 rings (SSSR count). The van der Waals surface area contributed by atoms with Gasteiger partial charge in [-0.1, -0.05) is 36.4 Å². The minimum absolute atomic E-state index is 0.0450. The van der Waals surface area contributed by atoms with Crippen molar-refractivity contribution in [2.75, 3.05) is 11.9 Å². The van der Waals surface area contributed by atoms with Crippen LogP contribution in [0.4, 0.5) is 5.69 Å². The molecule has 1 unspecified atom stereocenters. The number of carbonyl (C=O) groups excluding carboxylic acids is 1. The maximum atomic E-state index is 12.4. The fourth-order valence-electron chi connectivity index (χ4n) is 3.86. The Labute approximate surface area is 156 Å². The summed E-state index contributed by atoms with van der Waals surface area (Å²) in [6.07, 6.45) is 2.32. The fraction of sp³-hybridized carbons (Fsp3) is 0.190. The van der Waals surface area contributed by atoms with Gasteiger partial charge in [-0.15, -0.1) is 10.2 Å². The third kappa shape index (κ3) is 2.37. The summed E-state index contributed by atoms with van der Waals surface area (Å²) in [6.45, 7) is 0. The number of benzene rings is 2. The molecule has 0 radical (unpaired) electrons. The summed E-state index contributed by atoms with van der Waals surface area (Å²) in [4.78, 5) is 14.1. The molecule has 0 N–H and O–H groups in total. The van der Waals surface area contributed by atoms with E-state index < -0.39 is 0 Å². The first-order chi connectivity index (χ1) is 13.1. The van der Waals surface area contributed by atoms with Crippen LogP contribution in [0.3, 0.4) is 0 Å². The molecule has 0 saturated heterocycles. The van der Waals surface area contributed by atoms with Crippen LogP contribution in [-0.2, 0) is 11.8 Å². The molecule has 0 aliphatic carbocycles. The maximum Gasteiger partial charge on any atom is 0.249 e. The van der Waals surface area contributed by atoms with Crippen molar-refractivity contribution in [1.82, 2.24) is 14.8 Å². The molecule has 0 saturated carbocycles. The lowest BCUT2D eigenvalue weighted by Crippen LogP contribution is -2.33. The number of fused-ring (bicyclic) bond motifs is 2. The van der Waals surface area contributed by atoms with Gasteiger partial charge in [0.15, 0.2) is 0 Å². The third-order valence-corrected chi connectivity index (χ3v) is 5.29. The number of carbonyl (C=O) groups is 1. The second-order valence-corrected chi connectivity index (χ2v) is 6.88. The van der Waals surface area contributed by atoms with Crippen molar-refractivity contribution in [3.8, 4) is 11.5 Å². The predicted octanol–water partition coefficient (Wildman–Crippen LogP) is 3.73. The van der Waals surface area contributed by atoms with Gasteiger partial charge in [-0.25, -0.2) is 0 Å². The molecule has 134 valence electrons. The van der Waals surface area contributed by atoms with E-state index in [0.29, 0.717) is 18.2 Å². The third-order valence-electron chi connectivity index (χ3n) is 5.29. The van der Waals surface area contributed by atoms with Gasteiger partial charge in [0.1, 0.15) is 0 Å². The smallest absolute Gasteiger partial charge is 0.249 e. The van der Waals surface area contributed by atoms with Crippen molar-refractivity contribution in [3.05, 3.63) is 66.2 Å². The highest BCUT2D eigenvalue weighted by Gasteiger charge is 2.33. The van der Waals surface area contributed by atoms with Crippen LogP contribution in [0.2, 0.25) is 0 Å². The van der Waals surface area contributed by atoms with Crippen LogP contribution in [0.1, 0.15) is 23.8 Å². The molecule has 0 fully saturated rings. The summed E-state index contributed by atoms with van der Waals surface area (Å²) in [5.74, 6) is 0.780. The Bertz CT molecular complexity index is 1170. The average molecular weight is 358 g/mol. The van der Waals surface area contributed by atoms with Crippen LogP contribution in [-0.4, -0.2) is 27.7 Å². The maximum absolute atomic E-state index is 12.4. The molecule has 2 aromatic heterocycles. The monoisotopic (exact) mass is 358 g/mol. The summed E-state index contributed by atoms with van der Waals surface area (Å²) in [5.41, 5.74) is 3.93. The summed E-state index contributed by atoms with van der Waals surface area (Å²) >= 11 is 0. The standard InChI is InChI=1S/C21H18N4O2/c1-24-12-16(14-8-3-5-9-17(14)24)21-23-22-20(27-21)15-11-19(26)25(2)18-10-6-4-7-13(15)18/h3-10,12,15H,11H2,1-2H3. The van der Waals surface area contributed by atoms with Gasteiger partial charge in [0.05, 0.1) is 11.5 Å². The van der Waals surface area contributed by atoms with Gasteiger partial charge in [-0.2, -0.15) is 0 Å². The quantitative estimate of drug-likeness (QED) is 0.548. The van der Waals surface area contributed by atoms with Crippen molar-refractivity contribution in [2.45, 2.75) is 12.3 Å². The fourth-order valence-corrected chi connectivity index (χ4v) is 3.86. The van der Waals surface area contributed by atoms with Crippen molar-refractivity contribution >= 4 is 22.5 Å². The lowest BCUT2D eigenvalue weighted by molar-refractivity contribution is -0.119. The number of hydrogen-bond donors (Lipinski definition) is 0. The van der Waals surface area contributed by atoms with Gasteiger partial charge in [0.25, 0.3) is 0 Å². The minimum atomic E-state index is -0.221. The SMILES string of the molecule is CN1C(=O)CC(c2nnc(-c3cn(C)c4ccccc34)o2)c2ccccc21. The minimum Gasteiger partial charge on any atom is -0.420 e. The lowest BCUT2D eigenvalue weighted by Gasteiger charge is -2.29. The first kappa shape index (κ1) is 15.8. The first-order valence-corrected chi connectivity index (χ1v) is 8.87. The van der Waals surface area contributed by atoms with Gasteiger partial charge in [0.2, 0.25) is 17.7 Å². The van der Waals surface area contributed by atoms with Gasteiger partial charge in [-0.3, -0.25) is 4.79 Å². The van der Waals surface area contributed by atoms with E-state index in [4.69, 9.17) is 4.42 Å². The molecule has 1 aliphatic heterocycles. The van der Waals surface area contributed by atoms with E-state index >= 15 is 0 Å². The Morgan fingerprint density at radius 3 is 2.70 bits per heavy atom. The van der Waals surface area contributed by atoms with Crippen LogP contribution < -0.4 is 4.90 Å². The zero-order valence-electron chi connectivity index (χ0n) is 15.1. The summed E-state index contributed by atoms with van der Waals surface area (Å²) < 4.78 is 8.11. The Morgan fingerprint density at radius 1 is 1.04 bits per heavy atom. The Morgan fingerprint density at radius 2 is 1.81 bits per heavy atom. The van der Waals surface area contributed by atoms with E-state index in [-0.39, 0.29) is 11.8 Å². The number of para-hydroxylation sites is 2. The summed E-state index contributed by atoms with van der Waals surface area (Å²) in [6, 6.07) is 16.0. The highest BCUT2D eigenvalue weighted by atomic mass is 16.4. The molecule has 4 aromatic rings. The number of amides is 1. The van der Waals surface area contributed by atoms with Crippen LogP contribution in [0, 0.1) is 0 Å². The van der Waals surface area contributed by atoms with Crippen molar-refractivity contribution in [3.63, 3.8) is 0 Å². The van der Waals surface area contributed by atoms with Gasteiger partial charge in [-0.05, 0) is 17.7 Å². The zero-order valence-corrected chi connectivity index (χ0v) is 15.1. The van der Waals surface area contributed by atoms with Crippen LogP contribution in [0.25, 0.3) is 22.4 Å². The number of rotatable bonds is 2. The van der Waals surface area contributed by atoms with E-state index in [2.05, 4.69) is 16.3 Å². The second-order valence-electron chi connectivity index (χ2n) is 6.88. The number of nitrogens with zero attached hydrogens (tertiary/aromatic N) is 4. The van der Waals surface area contributed by atoms with Gasteiger partial charge in [0, 0.05) is 43.3 Å². The molecule has 1 amide bonds. The summed E-state index contributed by atoms with van der Waals surface area (Å²) in [7, 11) is 3.79. The van der Waals surface area contributed by atoms with E-state index in [1.165, 1.54) is 0 Å². The Balaban J connectivity index is 1.60. The number of aryl methyl sites for hydroxylation is 1. The van der Waals surface area contributed by atoms with Crippen molar-refractivity contribution in [2.24, 2.45) is 7.05 Å². The normalized spacial score (nSPS) is 16.7. The Kier molecular flexibility index (Phi) is 3.40. The van der Waals surface area contributed by atoms with Crippen LogP contribution >= 0.6 is 0 Å². The summed E-state index contributed by atoms with van der Waals surface area (Å²) in [5, 5.41) is 9.65. The highest BCUT2D eigenvalue weighted by molar-refractivity contribution is 5.97. The first-order valence-electron chi connectivity index (χ1n) is 8.87. The molecule has 1 aliphatic rings. The second kappa shape index (κ2) is 5.81. The van der Waals surface area contributed by atoms with E-state index in [1.54, 1.807) is 11.9 Å². The van der Waals surface area contributed by atoms with E-state index in [0.717, 1.165) is 27.7 Å². The van der Waals surface area contributed by atoms with Crippen LogP contribution in [0.15, 0.2) is 59.1 Å². The topological polar surface area (TPSA) is 64.2 Å². The number of aromatic nitrogens is 3. The molecular weight excluding hydrogens is 340 g/mol. The van der Waals surface area contributed by atoms with Crippen molar-refractivity contribution in [1.29, 1.82) is 0 Å². The molecule has 6 heteroatoms. The van der Waals surface area contributed by atoms with Gasteiger partial charge >= 0.3 is 0 Å². The van der Waals surface area contributed by atoms with E-state index in [9.17, 15) is 4.79 Å². The highest BCUT2D eigenvalue weighted by Crippen LogP contribution is 2.39.